The molecule has 0 spiro atoms. The lowest BCUT2D eigenvalue weighted by Crippen LogP contribution is -2.14. The van der Waals surface area contributed by atoms with Gasteiger partial charge in [0.15, 0.2) is 0 Å². The summed E-state index contributed by atoms with van der Waals surface area (Å²) in [6, 6.07) is 9.87. The zero-order valence-electron chi connectivity index (χ0n) is 11.1. The molecule has 2 aromatic carbocycles. The highest BCUT2D eigenvalue weighted by atomic mass is 32.2. The molecular formula is C14H12FN3O2S. The quantitative estimate of drug-likeness (QED) is 0.851. The lowest BCUT2D eigenvalue weighted by molar-refractivity contribution is 0.600. The van der Waals surface area contributed by atoms with E-state index in [9.17, 15) is 12.8 Å². The van der Waals surface area contributed by atoms with Crippen molar-refractivity contribution in [2.75, 3.05) is 10.5 Å². The van der Waals surface area contributed by atoms with Gasteiger partial charge in [0.1, 0.15) is 11.9 Å². The number of halogens is 1. The molecule has 21 heavy (non-hydrogen) atoms. The molecule has 108 valence electrons. The van der Waals surface area contributed by atoms with E-state index in [4.69, 9.17) is 11.0 Å². The molecule has 0 saturated carbocycles. The molecule has 2 aromatic rings. The summed E-state index contributed by atoms with van der Waals surface area (Å²) in [6.07, 6.45) is 0. The number of rotatable bonds is 3. The summed E-state index contributed by atoms with van der Waals surface area (Å²) in [7, 11) is -3.95. The summed E-state index contributed by atoms with van der Waals surface area (Å²) in [5, 5.41) is 9.09. The lowest BCUT2D eigenvalue weighted by atomic mass is 10.1. The van der Waals surface area contributed by atoms with Gasteiger partial charge in [-0.2, -0.15) is 5.26 Å². The van der Waals surface area contributed by atoms with Crippen molar-refractivity contribution >= 4 is 21.4 Å². The summed E-state index contributed by atoms with van der Waals surface area (Å²) in [5.41, 5.74) is 6.16. The van der Waals surface area contributed by atoms with Gasteiger partial charge in [0, 0.05) is 0 Å². The molecule has 7 heteroatoms. The van der Waals surface area contributed by atoms with Crippen molar-refractivity contribution in [2.24, 2.45) is 0 Å². The molecule has 0 atom stereocenters. The van der Waals surface area contributed by atoms with Gasteiger partial charge in [-0.3, -0.25) is 4.72 Å². The molecule has 0 aliphatic carbocycles. The number of hydrogen-bond acceptors (Lipinski definition) is 4. The van der Waals surface area contributed by atoms with Crippen LogP contribution in [0, 0.1) is 24.1 Å². The minimum atomic E-state index is -3.95. The van der Waals surface area contributed by atoms with Gasteiger partial charge in [-0.25, -0.2) is 12.8 Å². The summed E-state index contributed by atoms with van der Waals surface area (Å²) < 4.78 is 39.9. The number of nitrogens with zero attached hydrogens (tertiary/aromatic N) is 1. The molecule has 0 bridgehead atoms. The van der Waals surface area contributed by atoms with Crippen LogP contribution in [0.5, 0.6) is 0 Å². The summed E-state index contributed by atoms with van der Waals surface area (Å²) in [4.78, 5) is -0.174. The van der Waals surface area contributed by atoms with Crippen LogP contribution in [-0.4, -0.2) is 8.42 Å². The van der Waals surface area contributed by atoms with Crippen LogP contribution < -0.4 is 10.5 Å². The second kappa shape index (κ2) is 5.42. The number of nitrogen functional groups attached to an aromatic ring is 1. The number of benzene rings is 2. The Morgan fingerprint density at radius 2 is 2.00 bits per heavy atom. The van der Waals surface area contributed by atoms with E-state index in [1.807, 2.05) is 6.07 Å². The van der Waals surface area contributed by atoms with E-state index < -0.39 is 15.8 Å². The first-order chi connectivity index (χ1) is 9.85. The van der Waals surface area contributed by atoms with Crippen LogP contribution in [0.1, 0.15) is 11.1 Å². The fourth-order valence-corrected chi connectivity index (χ4v) is 2.90. The predicted molar refractivity (Wildman–Crippen MR) is 77.5 cm³/mol. The van der Waals surface area contributed by atoms with Crippen molar-refractivity contribution in [3.05, 3.63) is 53.3 Å². The first-order valence-corrected chi connectivity index (χ1v) is 7.41. The van der Waals surface area contributed by atoms with Crippen molar-refractivity contribution in [1.82, 2.24) is 0 Å². The average Bonchev–Trinajstić information content (AvgIpc) is 2.41. The Hall–Kier alpha value is -2.59. The number of hydrogen-bond donors (Lipinski definition) is 2. The van der Waals surface area contributed by atoms with Gasteiger partial charge >= 0.3 is 0 Å². The largest absolute Gasteiger partial charge is 0.396 e. The molecular weight excluding hydrogens is 293 g/mol. The van der Waals surface area contributed by atoms with Crippen LogP contribution in [0.4, 0.5) is 15.8 Å². The highest BCUT2D eigenvalue weighted by molar-refractivity contribution is 7.92. The lowest BCUT2D eigenvalue weighted by Gasteiger charge is -2.11. The Balaban J connectivity index is 2.45. The Bertz CT molecular complexity index is 842. The first-order valence-electron chi connectivity index (χ1n) is 5.92. The highest BCUT2D eigenvalue weighted by Gasteiger charge is 2.18. The standard InChI is InChI=1S/C14H12FN3O2S/c1-9-3-2-4-14(11(9)8-16)18-21(19,20)10-5-6-12(15)13(17)7-10/h2-7,18H,17H2,1H3. The number of nitriles is 1. The number of sulfonamides is 1. The van der Waals surface area contributed by atoms with Crippen molar-refractivity contribution in [3.63, 3.8) is 0 Å². The number of anilines is 2. The van der Waals surface area contributed by atoms with Gasteiger partial charge in [0.2, 0.25) is 0 Å². The van der Waals surface area contributed by atoms with E-state index in [0.717, 1.165) is 18.2 Å². The van der Waals surface area contributed by atoms with E-state index in [1.54, 1.807) is 19.1 Å². The third-order valence-electron chi connectivity index (χ3n) is 2.91. The minimum Gasteiger partial charge on any atom is -0.396 e. The highest BCUT2D eigenvalue weighted by Crippen LogP contribution is 2.23. The predicted octanol–water partition coefficient (Wildman–Crippen LogP) is 2.39. The molecule has 0 aliphatic heterocycles. The molecule has 5 nitrogen and oxygen atoms in total. The Labute approximate surface area is 121 Å². The molecule has 0 amide bonds. The summed E-state index contributed by atoms with van der Waals surface area (Å²) in [6.45, 7) is 1.70. The van der Waals surface area contributed by atoms with Crippen LogP contribution in [0.25, 0.3) is 0 Å². The average molecular weight is 305 g/mol. The van der Waals surface area contributed by atoms with Crippen LogP contribution in [0.3, 0.4) is 0 Å². The summed E-state index contributed by atoms with van der Waals surface area (Å²) >= 11 is 0. The maximum Gasteiger partial charge on any atom is 0.262 e. The monoisotopic (exact) mass is 305 g/mol. The maximum absolute atomic E-state index is 13.1. The van der Waals surface area contributed by atoms with Crippen molar-refractivity contribution < 1.29 is 12.8 Å². The fraction of sp³-hybridized carbons (Fsp3) is 0.0714. The van der Waals surface area contributed by atoms with Crippen molar-refractivity contribution in [2.45, 2.75) is 11.8 Å². The smallest absolute Gasteiger partial charge is 0.262 e. The normalized spacial score (nSPS) is 10.9. The molecule has 0 heterocycles. The summed E-state index contributed by atoms with van der Waals surface area (Å²) in [5.74, 6) is -0.692. The minimum absolute atomic E-state index is 0.167. The van der Waals surface area contributed by atoms with Crippen LogP contribution in [0.2, 0.25) is 0 Å². The molecule has 0 aliphatic rings. The van der Waals surface area contributed by atoms with Crippen molar-refractivity contribution in [1.29, 1.82) is 5.26 Å². The first kappa shape index (κ1) is 14.8. The number of aryl methyl sites for hydroxylation is 1. The Morgan fingerprint density at radius 3 is 2.62 bits per heavy atom. The molecule has 2 rings (SSSR count). The van der Waals surface area contributed by atoms with Crippen molar-refractivity contribution in [3.8, 4) is 6.07 Å². The van der Waals surface area contributed by atoms with Crippen LogP contribution in [0.15, 0.2) is 41.3 Å². The van der Waals surface area contributed by atoms with Gasteiger partial charge in [-0.1, -0.05) is 12.1 Å². The number of nitrogens with one attached hydrogen (secondary N) is 1. The van der Waals surface area contributed by atoms with Crippen LogP contribution >= 0.6 is 0 Å². The van der Waals surface area contributed by atoms with Gasteiger partial charge < -0.3 is 5.73 Å². The third-order valence-corrected chi connectivity index (χ3v) is 4.27. The second-order valence-electron chi connectivity index (χ2n) is 4.40. The molecule has 0 unspecified atom stereocenters. The topological polar surface area (TPSA) is 96.0 Å². The van der Waals surface area contributed by atoms with Gasteiger partial charge in [-0.15, -0.1) is 0 Å². The molecule has 0 aromatic heterocycles. The zero-order chi connectivity index (χ0) is 15.6. The SMILES string of the molecule is Cc1cccc(NS(=O)(=O)c2ccc(F)c(N)c2)c1C#N. The maximum atomic E-state index is 13.1. The molecule has 0 fully saturated rings. The second-order valence-corrected chi connectivity index (χ2v) is 6.08. The van der Waals surface area contributed by atoms with Gasteiger partial charge in [0.25, 0.3) is 10.0 Å². The van der Waals surface area contributed by atoms with Gasteiger partial charge in [0.05, 0.1) is 21.8 Å². The Kier molecular flexibility index (Phi) is 3.82. The Morgan fingerprint density at radius 1 is 1.29 bits per heavy atom. The van der Waals surface area contributed by atoms with E-state index in [0.29, 0.717) is 5.56 Å². The van der Waals surface area contributed by atoms with E-state index in [-0.39, 0.29) is 21.8 Å². The van der Waals surface area contributed by atoms with E-state index in [1.165, 1.54) is 6.07 Å². The van der Waals surface area contributed by atoms with Gasteiger partial charge in [-0.05, 0) is 36.8 Å². The molecule has 0 radical (unpaired) electrons. The fourth-order valence-electron chi connectivity index (χ4n) is 1.79. The third kappa shape index (κ3) is 2.95. The van der Waals surface area contributed by atoms with E-state index in [2.05, 4.69) is 4.72 Å². The zero-order valence-corrected chi connectivity index (χ0v) is 11.9. The molecule has 0 saturated heterocycles. The van der Waals surface area contributed by atoms with E-state index >= 15 is 0 Å². The van der Waals surface area contributed by atoms with Crippen LogP contribution in [-0.2, 0) is 10.0 Å². The number of nitrogens with two attached hydrogens (primary N) is 1. The molecule has 3 N–H and O–H groups in total.